The van der Waals surface area contributed by atoms with Crippen LogP contribution in [-0.2, 0) is 0 Å². The van der Waals surface area contributed by atoms with Crippen LogP contribution in [0.5, 0.6) is 0 Å². The Hall–Kier alpha value is -1.63. The van der Waals surface area contributed by atoms with Crippen LogP contribution >= 0.6 is 11.3 Å². The average Bonchev–Trinajstić information content (AvgIpc) is 2.78. The molecule has 0 bridgehead atoms. The first-order valence-electron chi connectivity index (χ1n) is 5.31. The lowest BCUT2D eigenvalue weighted by Crippen LogP contribution is -2.36. The topological polar surface area (TPSA) is 86.0 Å². The van der Waals surface area contributed by atoms with E-state index in [9.17, 15) is 4.79 Å². The van der Waals surface area contributed by atoms with Crippen molar-refractivity contribution in [3.63, 3.8) is 0 Å². The SMILES string of the molecule is O=C(O)N1CCC(c2nc(/C=N/O)cs2)CC1. The van der Waals surface area contributed by atoms with Crippen molar-refractivity contribution in [3.8, 4) is 0 Å². The first kappa shape index (κ1) is 11.8. The number of nitrogens with zero attached hydrogens (tertiary/aromatic N) is 3. The summed E-state index contributed by atoms with van der Waals surface area (Å²) in [6, 6.07) is 0. The molecule has 1 aliphatic heterocycles. The molecule has 0 saturated carbocycles. The normalized spacial score (nSPS) is 17.8. The van der Waals surface area contributed by atoms with Crippen LogP contribution in [0.25, 0.3) is 0 Å². The van der Waals surface area contributed by atoms with Gasteiger partial charge >= 0.3 is 6.09 Å². The number of piperidine rings is 1. The third kappa shape index (κ3) is 2.73. The molecule has 17 heavy (non-hydrogen) atoms. The van der Waals surface area contributed by atoms with Crippen LogP contribution < -0.4 is 0 Å². The monoisotopic (exact) mass is 255 g/mol. The summed E-state index contributed by atoms with van der Waals surface area (Å²) >= 11 is 1.53. The summed E-state index contributed by atoms with van der Waals surface area (Å²) in [7, 11) is 0. The largest absolute Gasteiger partial charge is 0.465 e. The summed E-state index contributed by atoms with van der Waals surface area (Å²) in [6.07, 6.45) is 2.05. The van der Waals surface area contributed by atoms with Gasteiger partial charge in [0.15, 0.2) is 0 Å². The highest BCUT2D eigenvalue weighted by Gasteiger charge is 2.25. The lowest BCUT2D eigenvalue weighted by Gasteiger charge is -2.28. The van der Waals surface area contributed by atoms with E-state index in [0.29, 0.717) is 24.7 Å². The zero-order valence-corrected chi connectivity index (χ0v) is 9.93. The average molecular weight is 255 g/mol. The summed E-state index contributed by atoms with van der Waals surface area (Å²) in [5, 5.41) is 23.0. The van der Waals surface area contributed by atoms with Crippen molar-refractivity contribution < 1.29 is 15.1 Å². The first-order valence-corrected chi connectivity index (χ1v) is 6.19. The van der Waals surface area contributed by atoms with Gasteiger partial charge in [0.2, 0.25) is 0 Å². The van der Waals surface area contributed by atoms with Gasteiger partial charge in [-0.1, -0.05) is 5.16 Å². The van der Waals surface area contributed by atoms with Crippen LogP contribution in [0.1, 0.15) is 29.5 Å². The molecule has 1 fully saturated rings. The van der Waals surface area contributed by atoms with Crippen LogP contribution in [0.3, 0.4) is 0 Å². The Balaban J connectivity index is 1.97. The smallest absolute Gasteiger partial charge is 0.407 e. The third-order valence-corrected chi connectivity index (χ3v) is 3.87. The van der Waals surface area contributed by atoms with E-state index >= 15 is 0 Å². The fourth-order valence-electron chi connectivity index (χ4n) is 1.92. The predicted molar refractivity (Wildman–Crippen MR) is 63.1 cm³/mol. The van der Waals surface area contributed by atoms with E-state index in [2.05, 4.69) is 10.1 Å². The predicted octanol–water partition coefficient (Wildman–Crippen LogP) is 1.81. The van der Waals surface area contributed by atoms with E-state index in [4.69, 9.17) is 10.3 Å². The molecular formula is C10H13N3O3S. The van der Waals surface area contributed by atoms with Gasteiger partial charge in [-0.3, -0.25) is 0 Å². The molecule has 0 aromatic carbocycles. The highest BCUT2D eigenvalue weighted by atomic mass is 32.1. The van der Waals surface area contributed by atoms with Gasteiger partial charge in [-0.05, 0) is 12.8 Å². The number of hydrogen-bond acceptors (Lipinski definition) is 5. The molecular weight excluding hydrogens is 242 g/mol. The maximum Gasteiger partial charge on any atom is 0.407 e. The lowest BCUT2D eigenvalue weighted by molar-refractivity contribution is 0.132. The second-order valence-corrected chi connectivity index (χ2v) is 4.79. The number of carbonyl (C=O) groups is 1. The number of hydrogen-bond donors (Lipinski definition) is 2. The molecule has 7 heteroatoms. The number of aromatic nitrogens is 1. The van der Waals surface area contributed by atoms with Gasteiger partial charge in [-0.15, -0.1) is 11.3 Å². The number of likely N-dealkylation sites (tertiary alicyclic amines) is 1. The molecule has 0 radical (unpaired) electrons. The molecule has 1 saturated heterocycles. The number of oxime groups is 1. The molecule has 0 atom stereocenters. The maximum absolute atomic E-state index is 10.8. The summed E-state index contributed by atoms with van der Waals surface area (Å²) in [6.45, 7) is 1.12. The Morgan fingerprint density at radius 1 is 1.59 bits per heavy atom. The summed E-state index contributed by atoms with van der Waals surface area (Å²) in [5.74, 6) is 0.316. The molecule has 1 aromatic heterocycles. The molecule has 2 heterocycles. The second-order valence-electron chi connectivity index (χ2n) is 3.90. The van der Waals surface area contributed by atoms with Gasteiger partial charge in [0.25, 0.3) is 0 Å². The number of carboxylic acid groups (broad SMARTS) is 1. The first-order chi connectivity index (χ1) is 8.20. The Bertz CT molecular complexity index is 424. The molecule has 2 rings (SSSR count). The van der Waals surface area contributed by atoms with E-state index in [1.165, 1.54) is 22.5 Å². The van der Waals surface area contributed by atoms with E-state index in [1.54, 1.807) is 0 Å². The van der Waals surface area contributed by atoms with E-state index in [-0.39, 0.29) is 0 Å². The quantitative estimate of drug-likeness (QED) is 0.479. The summed E-state index contributed by atoms with van der Waals surface area (Å²) < 4.78 is 0. The zero-order valence-electron chi connectivity index (χ0n) is 9.11. The van der Waals surface area contributed by atoms with Gasteiger partial charge in [0, 0.05) is 24.4 Å². The minimum Gasteiger partial charge on any atom is -0.465 e. The van der Waals surface area contributed by atoms with Gasteiger partial charge in [0.05, 0.1) is 16.9 Å². The molecule has 92 valence electrons. The van der Waals surface area contributed by atoms with Gasteiger partial charge < -0.3 is 15.2 Å². The second kappa shape index (κ2) is 5.13. The Morgan fingerprint density at radius 3 is 2.88 bits per heavy atom. The van der Waals surface area contributed by atoms with Crippen LogP contribution in [0.4, 0.5) is 4.79 Å². The van der Waals surface area contributed by atoms with E-state index < -0.39 is 6.09 Å². The number of amides is 1. The van der Waals surface area contributed by atoms with Gasteiger partial charge in [-0.25, -0.2) is 9.78 Å². The van der Waals surface area contributed by atoms with Crippen molar-refractivity contribution in [2.45, 2.75) is 18.8 Å². The highest BCUT2D eigenvalue weighted by Crippen LogP contribution is 2.29. The standard InChI is InChI=1S/C10H13N3O3S/c14-10(15)13-3-1-7(2-4-13)9-12-8(5-11-16)6-17-9/h5-7,16H,1-4H2,(H,14,15)/b11-5+. The van der Waals surface area contributed by atoms with Crippen molar-refractivity contribution in [3.05, 3.63) is 16.1 Å². The molecule has 1 amide bonds. The van der Waals surface area contributed by atoms with Crippen LogP contribution in [0, 0.1) is 0 Å². The van der Waals surface area contributed by atoms with Crippen LogP contribution in [-0.4, -0.2) is 45.6 Å². The van der Waals surface area contributed by atoms with Gasteiger partial charge in [-0.2, -0.15) is 0 Å². The highest BCUT2D eigenvalue weighted by molar-refractivity contribution is 7.09. The maximum atomic E-state index is 10.8. The van der Waals surface area contributed by atoms with E-state index in [1.807, 2.05) is 5.38 Å². The number of thiazole rings is 1. The molecule has 0 spiro atoms. The van der Waals surface area contributed by atoms with Gasteiger partial charge in [0.1, 0.15) is 0 Å². The van der Waals surface area contributed by atoms with Crippen molar-refractivity contribution in [1.29, 1.82) is 0 Å². The van der Waals surface area contributed by atoms with Crippen molar-refractivity contribution >= 4 is 23.6 Å². The lowest BCUT2D eigenvalue weighted by atomic mass is 9.98. The van der Waals surface area contributed by atoms with Crippen LogP contribution in [0.15, 0.2) is 10.5 Å². The Kier molecular flexibility index (Phi) is 3.58. The Morgan fingerprint density at radius 2 is 2.29 bits per heavy atom. The third-order valence-electron chi connectivity index (χ3n) is 2.84. The Labute approximate surface area is 102 Å². The fourth-order valence-corrected chi connectivity index (χ4v) is 2.87. The molecule has 1 aliphatic rings. The fraction of sp³-hybridized carbons (Fsp3) is 0.500. The molecule has 0 aliphatic carbocycles. The zero-order chi connectivity index (χ0) is 12.3. The van der Waals surface area contributed by atoms with Crippen molar-refractivity contribution in [1.82, 2.24) is 9.88 Å². The molecule has 2 N–H and O–H groups in total. The summed E-state index contributed by atoms with van der Waals surface area (Å²) in [4.78, 5) is 16.5. The van der Waals surface area contributed by atoms with Crippen molar-refractivity contribution in [2.75, 3.05) is 13.1 Å². The minimum atomic E-state index is -0.851. The molecule has 0 unspecified atom stereocenters. The molecule has 1 aromatic rings. The minimum absolute atomic E-state index is 0.316. The molecule has 6 nitrogen and oxygen atoms in total. The number of rotatable bonds is 2. The van der Waals surface area contributed by atoms with Crippen molar-refractivity contribution in [2.24, 2.45) is 5.16 Å². The van der Waals surface area contributed by atoms with Crippen LogP contribution in [0.2, 0.25) is 0 Å². The summed E-state index contributed by atoms with van der Waals surface area (Å²) in [5.41, 5.74) is 0.646. The van der Waals surface area contributed by atoms with E-state index in [0.717, 1.165) is 17.8 Å².